The van der Waals surface area contributed by atoms with Crippen LogP contribution in [-0.2, 0) is 4.84 Å². The van der Waals surface area contributed by atoms with Gasteiger partial charge in [0.15, 0.2) is 0 Å². The molecule has 4 rings (SSSR count). The van der Waals surface area contributed by atoms with Crippen LogP contribution in [0.1, 0.15) is 51.4 Å². The summed E-state index contributed by atoms with van der Waals surface area (Å²) in [6.45, 7) is 4.16. The minimum absolute atomic E-state index is 0.527. The molecule has 0 aromatic heterocycles. The maximum atomic E-state index is 6.28. The van der Waals surface area contributed by atoms with Crippen molar-refractivity contribution in [1.29, 1.82) is 0 Å². The van der Waals surface area contributed by atoms with E-state index in [1.54, 1.807) is 0 Å². The summed E-state index contributed by atoms with van der Waals surface area (Å²) in [4.78, 5) is 6.28. The van der Waals surface area contributed by atoms with Crippen molar-refractivity contribution in [3.63, 3.8) is 0 Å². The van der Waals surface area contributed by atoms with Crippen LogP contribution in [0.4, 0.5) is 0 Å². The molecule has 0 N–H and O–H groups in total. The summed E-state index contributed by atoms with van der Waals surface area (Å²) in [5, 5.41) is 0. The van der Waals surface area contributed by atoms with Crippen molar-refractivity contribution < 1.29 is 27.9 Å². The van der Waals surface area contributed by atoms with Crippen molar-refractivity contribution in [2.45, 2.75) is 57.5 Å². The molecular formula is C15H25INO. The van der Waals surface area contributed by atoms with Crippen molar-refractivity contribution in [3.8, 4) is 0 Å². The van der Waals surface area contributed by atoms with Crippen molar-refractivity contribution in [1.82, 2.24) is 0 Å². The van der Waals surface area contributed by atoms with E-state index in [2.05, 4.69) is 9.67 Å². The molecule has 3 unspecified atom stereocenters. The summed E-state index contributed by atoms with van der Waals surface area (Å²) >= 11 is -0.814. The zero-order chi connectivity index (χ0) is 12.2. The fourth-order valence-electron chi connectivity index (χ4n) is 4.33. The van der Waals surface area contributed by atoms with E-state index < -0.39 is 20.1 Å². The minimum atomic E-state index is -0.814. The monoisotopic (exact) mass is 362 g/mol. The van der Waals surface area contributed by atoms with Crippen molar-refractivity contribution >= 4 is 6.72 Å². The fourth-order valence-corrected chi connectivity index (χ4v) is 7.43. The summed E-state index contributed by atoms with van der Waals surface area (Å²) < 4.78 is 4.99. The zero-order valence-electron chi connectivity index (χ0n) is 11.2. The van der Waals surface area contributed by atoms with Gasteiger partial charge in [-0.2, -0.15) is 0 Å². The van der Waals surface area contributed by atoms with Gasteiger partial charge in [0, 0.05) is 0 Å². The van der Waals surface area contributed by atoms with E-state index in [1.807, 2.05) is 0 Å². The Kier molecular flexibility index (Phi) is 2.90. The summed E-state index contributed by atoms with van der Waals surface area (Å²) in [6, 6.07) is 0. The quantitative estimate of drug-likeness (QED) is 0.224. The van der Waals surface area contributed by atoms with E-state index in [0.717, 1.165) is 17.3 Å². The number of alkyl halides is 2. The fraction of sp³-hybridized carbons (Fsp3) is 0.933. The molecule has 103 valence electrons. The Morgan fingerprint density at radius 1 is 1.11 bits per heavy atom. The standard InChI is InChI=1S/C15H25INO/c1-17(16-9-10-16)18-14-6-3-2-5-12(14)13-11-15(13)7-4-8-15/h12-14H,1-11H2. The molecule has 0 amide bonds. The number of halogens is 1. The topological polar surface area (TPSA) is 12.2 Å². The number of hydrogen-bond acceptors (Lipinski definition) is 1. The van der Waals surface area contributed by atoms with Gasteiger partial charge in [0.2, 0.25) is 0 Å². The first-order valence-corrected chi connectivity index (χ1v) is 11.7. The molecule has 4 fully saturated rings. The number of rotatable bonds is 4. The van der Waals surface area contributed by atoms with Gasteiger partial charge in [-0.1, -0.05) is 0 Å². The number of nitrogens with zero attached hydrogens (tertiary/aromatic N) is 1. The molecule has 3 saturated carbocycles. The Labute approximate surface area is 118 Å². The van der Waals surface area contributed by atoms with Crippen molar-refractivity contribution in [2.24, 2.45) is 17.3 Å². The molecule has 3 aliphatic carbocycles. The van der Waals surface area contributed by atoms with Gasteiger partial charge < -0.3 is 0 Å². The average molecular weight is 362 g/mol. The Morgan fingerprint density at radius 2 is 1.89 bits per heavy atom. The van der Waals surface area contributed by atoms with Gasteiger partial charge in [0.25, 0.3) is 0 Å². The van der Waals surface area contributed by atoms with Crippen molar-refractivity contribution in [3.05, 3.63) is 0 Å². The summed E-state index contributed by atoms with van der Waals surface area (Å²) in [5.74, 6) is 1.90. The van der Waals surface area contributed by atoms with Gasteiger partial charge in [-0.05, 0) is 0 Å². The van der Waals surface area contributed by atoms with Gasteiger partial charge in [-0.25, -0.2) is 0 Å². The molecule has 2 nitrogen and oxygen atoms in total. The Hall–Kier alpha value is 0.200. The first-order valence-electron chi connectivity index (χ1n) is 7.68. The Balaban J connectivity index is 1.41. The van der Waals surface area contributed by atoms with E-state index >= 15 is 0 Å². The molecule has 18 heavy (non-hydrogen) atoms. The van der Waals surface area contributed by atoms with E-state index in [4.69, 9.17) is 4.84 Å². The predicted molar refractivity (Wildman–Crippen MR) is 68.3 cm³/mol. The van der Waals surface area contributed by atoms with Crippen LogP contribution >= 0.6 is 0 Å². The first-order chi connectivity index (χ1) is 8.78. The SMILES string of the molecule is C=[N+](OC1CCCCC1C1CC12CCC2)[I-]1CC1. The molecular weight excluding hydrogens is 337 g/mol. The van der Waals surface area contributed by atoms with Crippen LogP contribution in [0.25, 0.3) is 0 Å². The van der Waals surface area contributed by atoms with Crippen LogP contribution in [0.3, 0.4) is 0 Å². The molecule has 3 atom stereocenters. The van der Waals surface area contributed by atoms with E-state index in [0.29, 0.717) is 6.10 Å². The summed E-state index contributed by atoms with van der Waals surface area (Å²) in [6.07, 6.45) is 12.1. The normalized spacial score (nSPS) is 42.2. The second-order valence-electron chi connectivity index (χ2n) is 6.74. The van der Waals surface area contributed by atoms with E-state index in [9.17, 15) is 0 Å². The van der Waals surface area contributed by atoms with Gasteiger partial charge in [0.05, 0.1) is 0 Å². The Morgan fingerprint density at radius 3 is 2.50 bits per heavy atom. The van der Waals surface area contributed by atoms with Gasteiger partial charge in [0.1, 0.15) is 0 Å². The van der Waals surface area contributed by atoms with Crippen LogP contribution in [0, 0.1) is 17.3 Å². The molecule has 1 spiro atoms. The van der Waals surface area contributed by atoms with Crippen molar-refractivity contribution in [2.75, 3.05) is 8.86 Å². The summed E-state index contributed by atoms with van der Waals surface area (Å²) in [5.41, 5.74) is 0.814. The third kappa shape index (κ3) is 2.01. The van der Waals surface area contributed by atoms with E-state index in [-0.39, 0.29) is 0 Å². The maximum absolute atomic E-state index is 6.28. The third-order valence-corrected chi connectivity index (χ3v) is 9.54. The molecule has 0 bridgehead atoms. The van der Waals surface area contributed by atoms with Gasteiger partial charge in [-0.3, -0.25) is 0 Å². The van der Waals surface area contributed by atoms with Gasteiger partial charge in [-0.15, -0.1) is 0 Å². The molecule has 1 radical (unpaired) electrons. The molecule has 1 saturated heterocycles. The molecule has 0 aromatic rings. The zero-order valence-corrected chi connectivity index (χ0v) is 13.4. The van der Waals surface area contributed by atoms with E-state index in [1.165, 1.54) is 60.2 Å². The predicted octanol–water partition coefficient (Wildman–Crippen LogP) is -0.0666. The third-order valence-electron chi connectivity index (χ3n) is 5.75. The molecule has 3 heteroatoms. The number of hydrogen-bond donors (Lipinski definition) is 0. The molecule has 1 aliphatic heterocycles. The molecule has 1 heterocycles. The Bertz CT molecular complexity index is 362. The second kappa shape index (κ2) is 4.35. The molecule has 0 aromatic carbocycles. The average Bonchev–Trinajstić information content (AvgIpc) is 3.21. The van der Waals surface area contributed by atoms with Crippen LogP contribution in [0.5, 0.6) is 0 Å². The van der Waals surface area contributed by atoms with Crippen LogP contribution in [0.15, 0.2) is 0 Å². The second-order valence-corrected chi connectivity index (χ2v) is 12.4. The first kappa shape index (κ1) is 12.0. The summed E-state index contributed by atoms with van der Waals surface area (Å²) in [7, 11) is 0. The van der Waals surface area contributed by atoms with Gasteiger partial charge >= 0.3 is 118 Å². The molecule has 4 aliphatic rings. The van der Waals surface area contributed by atoms with Crippen LogP contribution in [-0.4, -0.2) is 24.6 Å². The van der Waals surface area contributed by atoms with Crippen LogP contribution < -0.4 is 20.1 Å². The van der Waals surface area contributed by atoms with Crippen LogP contribution in [0.2, 0.25) is 0 Å².